The van der Waals surface area contributed by atoms with E-state index >= 15 is 0 Å². The fraction of sp³-hybridized carbons (Fsp3) is 0.611. The Morgan fingerprint density at radius 1 is 1.18 bits per heavy atom. The van der Waals surface area contributed by atoms with E-state index in [2.05, 4.69) is 30.6 Å². The number of carbonyl (C=O) groups excluding carboxylic acids is 1. The molecule has 1 heterocycles. The smallest absolute Gasteiger partial charge is 0.177 e. The molecule has 122 valence electrons. The lowest BCUT2D eigenvalue weighted by molar-refractivity contribution is 0.0858. The van der Waals surface area contributed by atoms with Gasteiger partial charge in [-0.1, -0.05) is 20.8 Å². The SMILES string of the molecule is CCN1CCN(CC(=O)c2ccc(OC)cc2C(C)C)CC1. The van der Waals surface area contributed by atoms with Gasteiger partial charge in [0.2, 0.25) is 0 Å². The van der Waals surface area contributed by atoms with Crippen molar-refractivity contribution in [3.63, 3.8) is 0 Å². The molecule has 22 heavy (non-hydrogen) atoms. The van der Waals surface area contributed by atoms with Crippen molar-refractivity contribution in [3.8, 4) is 5.75 Å². The molecule has 4 heteroatoms. The van der Waals surface area contributed by atoms with Crippen LogP contribution in [-0.4, -0.2) is 62.0 Å². The molecule has 0 radical (unpaired) electrons. The highest BCUT2D eigenvalue weighted by Crippen LogP contribution is 2.25. The maximum Gasteiger partial charge on any atom is 0.177 e. The third-order valence-corrected chi connectivity index (χ3v) is 4.46. The van der Waals surface area contributed by atoms with E-state index in [1.165, 1.54) is 0 Å². The van der Waals surface area contributed by atoms with Crippen molar-refractivity contribution in [1.82, 2.24) is 9.80 Å². The number of hydrogen-bond donors (Lipinski definition) is 0. The molecule has 0 amide bonds. The number of carbonyl (C=O) groups is 1. The highest BCUT2D eigenvalue weighted by molar-refractivity contribution is 5.99. The van der Waals surface area contributed by atoms with Crippen LogP contribution in [-0.2, 0) is 0 Å². The highest BCUT2D eigenvalue weighted by atomic mass is 16.5. The number of methoxy groups -OCH3 is 1. The van der Waals surface area contributed by atoms with E-state index in [0.717, 1.165) is 49.6 Å². The lowest BCUT2D eigenvalue weighted by atomic mass is 9.94. The average Bonchev–Trinajstić information content (AvgIpc) is 2.54. The van der Waals surface area contributed by atoms with Crippen molar-refractivity contribution in [3.05, 3.63) is 29.3 Å². The summed E-state index contributed by atoms with van der Waals surface area (Å²) in [5.41, 5.74) is 1.92. The lowest BCUT2D eigenvalue weighted by Gasteiger charge is -2.33. The second kappa shape index (κ2) is 7.75. The van der Waals surface area contributed by atoms with Crippen molar-refractivity contribution in [2.24, 2.45) is 0 Å². The third-order valence-electron chi connectivity index (χ3n) is 4.46. The molecule has 0 aromatic heterocycles. The van der Waals surface area contributed by atoms with Crippen molar-refractivity contribution >= 4 is 5.78 Å². The fourth-order valence-corrected chi connectivity index (χ4v) is 2.95. The number of piperazine rings is 1. The molecule has 4 nitrogen and oxygen atoms in total. The van der Waals surface area contributed by atoms with Gasteiger partial charge in [-0.05, 0) is 36.2 Å². The van der Waals surface area contributed by atoms with Crippen molar-refractivity contribution in [2.45, 2.75) is 26.7 Å². The highest BCUT2D eigenvalue weighted by Gasteiger charge is 2.21. The van der Waals surface area contributed by atoms with Gasteiger partial charge in [-0.15, -0.1) is 0 Å². The zero-order chi connectivity index (χ0) is 16.1. The topological polar surface area (TPSA) is 32.8 Å². The molecule has 1 fully saturated rings. The Morgan fingerprint density at radius 2 is 1.82 bits per heavy atom. The summed E-state index contributed by atoms with van der Waals surface area (Å²) >= 11 is 0. The van der Waals surface area contributed by atoms with E-state index < -0.39 is 0 Å². The summed E-state index contributed by atoms with van der Waals surface area (Å²) in [5.74, 6) is 1.35. The molecule has 2 rings (SSSR count). The van der Waals surface area contributed by atoms with Crippen molar-refractivity contribution in [2.75, 3.05) is 46.4 Å². The van der Waals surface area contributed by atoms with Crippen LogP contribution in [0.5, 0.6) is 5.75 Å². The summed E-state index contributed by atoms with van der Waals surface area (Å²) in [6, 6.07) is 5.79. The van der Waals surface area contributed by atoms with Gasteiger partial charge in [0.15, 0.2) is 5.78 Å². The van der Waals surface area contributed by atoms with Gasteiger partial charge in [0, 0.05) is 31.7 Å². The maximum absolute atomic E-state index is 12.7. The summed E-state index contributed by atoms with van der Waals surface area (Å²) in [7, 11) is 1.66. The first-order valence-corrected chi connectivity index (χ1v) is 8.21. The summed E-state index contributed by atoms with van der Waals surface area (Å²) in [5, 5.41) is 0. The van der Waals surface area contributed by atoms with E-state index in [1.54, 1.807) is 7.11 Å². The zero-order valence-electron chi connectivity index (χ0n) is 14.3. The quantitative estimate of drug-likeness (QED) is 0.757. The van der Waals surface area contributed by atoms with Crippen LogP contribution in [0.25, 0.3) is 0 Å². The first-order valence-electron chi connectivity index (χ1n) is 8.21. The minimum atomic E-state index is 0.219. The van der Waals surface area contributed by atoms with Crippen molar-refractivity contribution < 1.29 is 9.53 Å². The average molecular weight is 304 g/mol. The van der Waals surface area contributed by atoms with E-state index in [4.69, 9.17) is 4.74 Å². The first-order chi connectivity index (χ1) is 10.5. The number of rotatable bonds is 6. The van der Waals surface area contributed by atoms with Gasteiger partial charge in [-0.3, -0.25) is 9.69 Å². The molecule has 1 saturated heterocycles. The van der Waals surface area contributed by atoms with E-state index in [0.29, 0.717) is 12.5 Å². The van der Waals surface area contributed by atoms with Crippen LogP contribution < -0.4 is 4.74 Å². The number of ether oxygens (including phenoxy) is 1. The Hall–Kier alpha value is -1.39. The monoisotopic (exact) mass is 304 g/mol. The summed E-state index contributed by atoms with van der Waals surface area (Å²) < 4.78 is 5.29. The largest absolute Gasteiger partial charge is 0.497 e. The Kier molecular flexibility index (Phi) is 5.98. The molecule has 0 bridgehead atoms. The normalized spacial score (nSPS) is 17.0. The van der Waals surface area contributed by atoms with Crippen molar-refractivity contribution in [1.29, 1.82) is 0 Å². The van der Waals surface area contributed by atoms with Gasteiger partial charge in [0.25, 0.3) is 0 Å². The minimum absolute atomic E-state index is 0.219. The van der Waals surface area contributed by atoms with Crippen LogP contribution in [0.3, 0.4) is 0 Å². The fourth-order valence-electron chi connectivity index (χ4n) is 2.95. The molecule has 1 aliphatic heterocycles. The molecule has 1 aromatic rings. The Balaban J connectivity index is 2.06. The molecule has 0 atom stereocenters. The zero-order valence-corrected chi connectivity index (χ0v) is 14.3. The van der Waals surface area contributed by atoms with Crippen LogP contribution >= 0.6 is 0 Å². The molecule has 0 N–H and O–H groups in total. The number of hydrogen-bond acceptors (Lipinski definition) is 4. The molecule has 0 aliphatic carbocycles. The van der Waals surface area contributed by atoms with Gasteiger partial charge in [0.1, 0.15) is 5.75 Å². The number of likely N-dealkylation sites (N-methyl/N-ethyl adjacent to an activating group) is 1. The Morgan fingerprint density at radius 3 is 2.36 bits per heavy atom. The first kappa shape index (κ1) is 17.0. The molecule has 0 spiro atoms. The lowest BCUT2D eigenvalue weighted by Crippen LogP contribution is -2.47. The molecule has 1 aliphatic rings. The Labute approximate surface area is 134 Å². The minimum Gasteiger partial charge on any atom is -0.497 e. The molecule has 0 saturated carbocycles. The molecule has 0 unspecified atom stereocenters. The van der Waals surface area contributed by atoms with E-state index in [1.807, 2.05) is 18.2 Å². The van der Waals surface area contributed by atoms with Crippen LogP contribution in [0, 0.1) is 0 Å². The van der Waals surface area contributed by atoms with Crippen LogP contribution in [0.1, 0.15) is 42.6 Å². The summed E-state index contributed by atoms with van der Waals surface area (Å²) in [6.07, 6.45) is 0. The Bertz CT molecular complexity index is 506. The summed E-state index contributed by atoms with van der Waals surface area (Å²) in [4.78, 5) is 17.4. The van der Waals surface area contributed by atoms with Crippen LogP contribution in [0.15, 0.2) is 18.2 Å². The number of benzene rings is 1. The van der Waals surface area contributed by atoms with Crippen LogP contribution in [0.4, 0.5) is 0 Å². The van der Waals surface area contributed by atoms with Gasteiger partial charge >= 0.3 is 0 Å². The molecule has 1 aromatic carbocycles. The third kappa shape index (κ3) is 4.08. The predicted molar refractivity (Wildman–Crippen MR) is 90.0 cm³/mol. The van der Waals surface area contributed by atoms with Crippen LogP contribution in [0.2, 0.25) is 0 Å². The molecular formula is C18H28N2O2. The number of nitrogens with zero attached hydrogens (tertiary/aromatic N) is 2. The summed E-state index contributed by atoms with van der Waals surface area (Å²) in [6.45, 7) is 12.1. The van der Waals surface area contributed by atoms with E-state index in [9.17, 15) is 4.79 Å². The van der Waals surface area contributed by atoms with Gasteiger partial charge in [-0.2, -0.15) is 0 Å². The van der Waals surface area contributed by atoms with Gasteiger partial charge < -0.3 is 9.64 Å². The predicted octanol–water partition coefficient (Wildman–Crippen LogP) is 2.64. The second-order valence-electron chi connectivity index (χ2n) is 6.24. The number of Topliss-reactive ketones (excluding diaryl/α,β-unsaturated/α-hetero) is 1. The standard InChI is InChI=1S/C18H28N2O2/c1-5-19-8-10-20(11-9-19)13-18(21)16-7-6-15(22-4)12-17(16)14(2)3/h6-7,12,14H,5,8-11,13H2,1-4H3. The molecular weight excluding hydrogens is 276 g/mol. The maximum atomic E-state index is 12.7. The van der Waals surface area contributed by atoms with Gasteiger partial charge in [0.05, 0.1) is 13.7 Å². The van der Waals surface area contributed by atoms with E-state index in [-0.39, 0.29) is 5.78 Å². The van der Waals surface area contributed by atoms with Gasteiger partial charge in [-0.25, -0.2) is 0 Å². The number of ketones is 1. The second-order valence-corrected chi connectivity index (χ2v) is 6.24.